The van der Waals surface area contributed by atoms with Gasteiger partial charge in [-0.3, -0.25) is 0 Å². The Balaban J connectivity index is 2.30. The zero-order chi connectivity index (χ0) is 15.0. The summed E-state index contributed by atoms with van der Waals surface area (Å²) < 4.78 is 28.7. The first-order valence-electron chi connectivity index (χ1n) is 5.99. The fourth-order valence-corrected chi connectivity index (χ4v) is 4.63. The van der Waals surface area contributed by atoms with Crippen LogP contribution < -0.4 is 4.72 Å². The average molecular weight is 363 g/mol. The molecule has 0 saturated carbocycles. The van der Waals surface area contributed by atoms with Crippen molar-refractivity contribution < 1.29 is 8.42 Å². The molecule has 1 saturated heterocycles. The van der Waals surface area contributed by atoms with Crippen molar-refractivity contribution >= 4 is 26.0 Å². The molecule has 1 N–H and O–H groups in total. The first-order chi connectivity index (χ1) is 9.30. The molecule has 2 rings (SSSR count). The van der Waals surface area contributed by atoms with Crippen LogP contribution in [0, 0.1) is 11.3 Å². The Labute approximate surface area is 125 Å². The maximum Gasteiger partial charge on any atom is 0.261 e. The normalized spacial score (nSPS) is 19.7. The molecule has 2 heterocycles. The van der Waals surface area contributed by atoms with Gasteiger partial charge in [-0.05, 0) is 35.8 Å². The molecule has 1 aromatic rings. The van der Waals surface area contributed by atoms with Gasteiger partial charge >= 0.3 is 0 Å². The zero-order valence-electron chi connectivity index (χ0n) is 11.2. The highest BCUT2D eigenvalue weighted by Crippen LogP contribution is 2.25. The number of hydrogen-bond acceptors (Lipinski definition) is 6. The summed E-state index contributed by atoms with van der Waals surface area (Å²) in [6, 6.07) is 2.11. The van der Waals surface area contributed by atoms with Crippen molar-refractivity contribution in [1.82, 2.24) is 24.6 Å². The summed E-state index contributed by atoms with van der Waals surface area (Å²) in [5.74, 6) is 0. The smallest absolute Gasteiger partial charge is 0.261 e. The highest BCUT2D eigenvalue weighted by Gasteiger charge is 2.39. The lowest BCUT2D eigenvalue weighted by Crippen LogP contribution is -2.53. The molecule has 0 bridgehead atoms. The van der Waals surface area contributed by atoms with E-state index in [-0.39, 0.29) is 9.63 Å². The lowest BCUT2D eigenvalue weighted by Gasteiger charge is -2.35. The number of aryl methyl sites for hydroxylation is 1. The predicted octanol–water partition coefficient (Wildman–Crippen LogP) is -0.156. The van der Waals surface area contributed by atoms with Crippen LogP contribution in [0.4, 0.5) is 0 Å². The van der Waals surface area contributed by atoms with Gasteiger partial charge in [-0.25, -0.2) is 13.1 Å². The van der Waals surface area contributed by atoms with Gasteiger partial charge in [0.25, 0.3) is 10.0 Å². The third-order valence-corrected chi connectivity index (χ3v) is 5.80. The van der Waals surface area contributed by atoms with Crippen LogP contribution >= 0.6 is 15.9 Å². The summed E-state index contributed by atoms with van der Waals surface area (Å²) in [6.07, 6.45) is 0.893. The maximum atomic E-state index is 12.4. The molecule has 1 aliphatic heterocycles. The summed E-state index contributed by atoms with van der Waals surface area (Å²) in [6.45, 7) is 1.34. The molecule has 1 fully saturated rings. The minimum absolute atomic E-state index is 0.0777. The third-order valence-electron chi connectivity index (χ3n) is 3.38. The highest BCUT2D eigenvalue weighted by molar-refractivity contribution is 9.10. The molecule has 0 radical (unpaired) electrons. The molecule has 0 aromatic carbocycles. The van der Waals surface area contributed by atoms with Crippen molar-refractivity contribution in [1.29, 1.82) is 5.26 Å². The van der Waals surface area contributed by atoms with E-state index in [4.69, 9.17) is 0 Å². The van der Waals surface area contributed by atoms with Gasteiger partial charge in [0.1, 0.15) is 5.54 Å². The number of aromatic nitrogens is 3. The molecule has 20 heavy (non-hydrogen) atoms. The van der Waals surface area contributed by atoms with E-state index in [9.17, 15) is 13.7 Å². The topological polar surface area (TPSA) is 104 Å². The first-order valence-corrected chi connectivity index (χ1v) is 8.26. The summed E-state index contributed by atoms with van der Waals surface area (Å²) in [5, 5.41) is 16.6. The Morgan fingerprint density at radius 2 is 2.00 bits per heavy atom. The highest BCUT2D eigenvalue weighted by atomic mass is 79.9. The van der Waals surface area contributed by atoms with Crippen molar-refractivity contribution in [3.63, 3.8) is 0 Å². The van der Waals surface area contributed by atoms with Crippen LogP contribution in [0.1, 0.15) is 12.8 Å². The number of hydrogen-bond donors (Lipinski definition) is 1. The van der Waals surface area contributed by atoms with E-state index in [0.29, 0.717) is 25.9 Å². The van der Waals surface area contributed by atoms with Gasteiger partial charge in [-0.2, -0.15) is 9.98 Å². The molecule has 0 atom stereocenters. The van der Waals surface area contributed by atoms with Crippen LogP contribution in [0.3, 0.4) is 0 Å². The number of rotatable bonds is 3. The SMILES string of the molecule is CN1CCC(C#N)(NS(=O)(=O)c2c(Br)nnn2C)CC1. The minimum atomic E-state index is -3.87. The lowest BCUT2D eigenvalue weighted by atomic mass is 9.91. The fourth-order valence-electron chi connectivity index (χ4n) is 2.15. The Bertz CT molecular complexity index is 622. The molecule has 0 spiro atoms. The van der Waals surface area contributed by atoms with Crippen molar-refractivity contribution in [2.45, 2.75) is 23.4 Å². The van der Waals surface area contributed by atoms with Crippen LogP contribution in [-0.4, -0.2) is 54.0 Å². The molecule has 8 nitrogen and oxygen atoms in total. The van der Waals surface area contributed by atoms with Crippen molar-refractivity contribution in [2.75, 3.05) is 20.1 Å². The summed E-state index contributed by atoms with van der Waals surface area (Å²) in [5.41, 5.74) is -1.07. The van der Waals surface area contributed by atoms with Crippen LogP contribution in [0.15, 0.2) is 9.63 Å². The molecular weight excluding hydrogens is 348 g/mol. The molecule has 0 unspecified atom stereocenters. The molecule has 10 heteroatoms. The van der Waals surface area contributed by atoms with E-state index in [2.05, 4.69) is 41.9 Å². The number of sulfonamides is 1. The number of nitriles is 1. The zero-order valence-corrected chi connectivity index (χ0v) is 13.6. The van der Waals surface area contributed by atoms with E-state index >= 15 is 0 Å². The second kappa shape index (κ2) is 5.40. The van der Waals surface area contributed by atoms with Crippen LogP contribution in [0.25, 0.3) is 0 Å². The number of nitrogens with one attached hydrogen (secondary N) is 1. The second-order valence-corrected chi connectivity index (χ2v) is 7.26. The Hall–Kier alpha value is -1.02. The maximum absolute atomic E-state index is 12.4. The Morgan fingerprint density at radius 1 is 1.40 bits per heavy atom. The van der Waals surface area contributed by atoms with Gasteiger partial charge < -0.3 is 4.90 Å². The third kappa shape index (κ3) is 2.85. The molecule has 1 aromatic heterocycles. The molecule has 110 valence electrons. The van der Waals surface area contributed by atoms with Crippen molar-refractivity contribution in [3.05, 3.63) is 4.60 Å². The van der Waals surface area contributed by atoms with E-state index in [1.807, 2.05) is 7.05 Å². The fraction of sp³-hybridized carbons (Fsp3) is 0.700. The minimum Gasteiger partial charge on any atom is -0.306 e. The second-order valence-electron chi connectivity index (χ2n) is 4.91. The number of halogens is 1. The first kappa shape index (κ1) is 15.4. The van der Waals surface area contributed by atoms with Crippen molar-refractivity contribution in [3.8, 4) is 6.07 Å². The number of likely N-dealkylation sites (tertiary alicyclic amines) is 1. The largest absolute Gasteiger partial charge is 0.306 e. The van der Waals surface area contributed by atoms with Gasteiger partial charge in [0, 0.05) is 20.1 Å². The predicted molar refractivity (Wildman–Crippen MR) is 74.1 cm³/mol. The van der Waals surface area contributed by atoms with Crippen LogP contribution in [-0.2, 0) is 17.1 Å². The van der Waals surface area contributed by atoms with E-state index in [0.717, 1.165) is 4.68 Å². The van der Waals surface area contributed by atoms with Crippen LogP contribution in [0.5, 0.6) is 0 Å². The van der Waals surface area contributed by atoms with E-state index in [1.54, 1.807) is 0 Å². The van der Waals surface area contributed by atoms with Crippen LogP contribution in [0.2, 0.25) is 0 Å². The van der Waals surface area contributed by atoms with Gasteiger partial charge in [-0.1, -0.05) is 5.21 Å². The molecule has 1 aliphatic rings. The molecule has 0 amide bonds. The summed E-state index contributed by atoms with van der Waals surface area (Å²) >= 11 is 3.06. The average Bonchev–Trinajstić information content (AvgIpc) is 2.72. The quantitative estimate of drug-likeness (QED) is 0.801. The Morgan fingerprint density at radius 3 is 2.45 bits per heavy atom. The van der Waals surface area contributed by atoms with Gasteiger partial charge in [0.15, 0.2) is 4.60 Å². The summed E-state index contributed by atoms with van der Waals surface area (Å²) in [4.78, 5) is 2.06. The van der Waals surface area contributed by atoms with E-state index in [1.165, 1.54) is 7.05 Å². The summed E-state index contributed by atoms with van der Waals surface area (Å²) in [7, 11) is -0.438. The molecular formula is C10H15BrN6O2S. The van der Waals surface area contributed by atoms with Gasteiger partial charge in [-0.15, -0.1) is 5.10 Å². The lowest BCUT2D eigenvalue weighted by molar-refractivity contribution is 0.213. The Kier molecular flexibility index (Phi) is 4.15. The molecule has 0 aliphatic carbocycles. The standard InChI is InChI=1S/C10H15BrN6O2S/c1-16-5-3-10(7-12,4-6-16)14-20(18,19)9-8(11)13-15-17(9)2/h14H,3-6H2,1-2H3. The monoisotopic (exact) mass is 362 g/mol. The number of piperidine rings is 1. The van der Waals surface area contributed by atoms with Crippen molar-refractivity contribution in [2.24, 2.45) is 7.05 Å². The van der Waals surface area contributed by atoms with Gasteiger partial charge in [0.05, 0.1) is 6.07 Å². The van der Waals surface area contributed by atoms with Gasteiger partial charge in [0.2, 0.25) is 5.03 Å². The number of nitrogens with zero attached hydrogens (tertiary/aromatic N) is 5. The van der Waals surface area contributed by atoms with E-state index < -0.39 is 15.6 Å².